The molecule has 0 aliphatic rings. The maximum absolute atomic E-state index is 3.71. The summed E-state index contributed by atoms with van der Waals surface area (Å²) in [4.78, 5) is 0. The van der Waals surface area contributed by atoms with Crippen LogP contribution in [0.25, 0.3) is 0 Å². The van der Waals surface area contributed by atoms with Crippen LogP contribution in [0.4, 0.5) is 0 Å². The van der Waals surface area contributed by atoms with Crippen molar-refractivity contribution in [1.82, 2.24) is 0 Å². The molecule has 0 aliphatic heterocycles. The molecule has 0 aromatic heterocycles. The first-order chi connectivity index (χ1) is 8.91. The maximum Gasteiger partial charge on any atom is -0.0319 e. The van der Waals surface area contributed by atoms with Crippen molar-refractivity contribution >= 4 is 0 Å². The second kappa shape index (κ2) is 16.7. The van der Waals surface area contributed by atoms with Gasteiger partial charge in [-0.05, 0) is 32.6 Å². The highest BCUT2D eigenvalue weighted by atomic mass is 14.0. The molecule has 0 aliphatic carbocycles. The molecule has 0 fully saturated rings. The standard InChI is InChI=1S/C18H34/c1-3-5-7-9-11-13-15-17-18-16-14-12-10-8-6-4-2/h3,7,9H,1,4-6,8,10-18H2,2H3/b9-7+. The minimum absolute atomic E-state index is 1.03. The van der Waals surface area contributed by atoms with Crippen molar-refractivity contribution in [1.29, 1.82) is 0 Å². The summed E-state index contributed by atoms with van der Waals surface area (Å²) in [6, 6.07) is 0. The van der Waals surface area contributed by atoms with Crippen LogP contribution < -0.4 is 0 Å². The highest BCUT2D eigenvalue weighted by Crippen LogP contribution is 2.12. The highest BCUT2D eigenvalue weighted by molar-refractivity contribution is 4.87. The van der Waals surface area contributed by atoms with Gasteiger partial charge in [-0.1, -0.05) is 83.3 Å². The Bertz CT molecular complexity index is 157. The van der Waals surface area contributed by atoms with Crippen molar-refractivity contribution in [2.45, 2.75) is 90.4 Å². The largest absolute Gasteiger partial charge is 0.0885 e. The van der Waals surface area contributed by atoms with Crippen LogP contribution in [-0.2, 0) is 0 Å². The van der Waals surface area contributed by atoms with Crippen molar-refractivity contribution in [3.63, 3.8) is 0 Å². The highest BCUT2D eigenvalue weighted by Gasteiger charge is 1.92. The average molecular weight is 250 g/mol. The quantitative estimate of drug-likeness (QED) is 0.238. The fourth-order valence-corrected chi connectivity index (χ4v) is 2.24. The van der Waals surface area contributed by atoms with Crippen LogP contribution in [0.3, 0.4) is 0 Å². The summed E-state index contributed by atoms with van der Waals surface area (Å²) < 4.78 is 0. The summed E-state index contributed by atoms with van der Waals surface area (Å²) in [6.07, 6.45) is 24.5. The molecular formula is C18H34. The molecule has 0 aromatic carbocycles. The minimum atomic E-state index is 1.03. The molecule has 0 aromatic rings. The Morgan fingerprint density at radius 2 is 1.17 bits per heavy atom. The second-order valence-corrected chi connectivity index (χ2v) is 5.32. The number of rotatable bonds is 14. The zero-order valence-electron chi connectivity index (χ0n) is 12.6. The molecule has 0 heteroatoms. The molecule has 0 bridgehead atoms. The van der Waals surface area contributed by atoms with E-state index in [-0.39, 0.29) is 0 Å². The van der Waals surface area contributed by atoms with Gasteiger partial charge in [0, 0.05) is 0 Å². The van der Waals surface area contributed by atoms with Gasteiger partial charge >= 0.3 is 0 Å². The number of unbranched alkanes of at least 4 members (excludes halogenated alkanes) is 12. The van der Waals surface area contributed by atoms with Crippen molar-refractivity contribution in [2.75, 3.05) is 0 Å². The summed E-state index contributed by atoms with van der Waals surface area (Å²) in [6.45, 7) is 5.99. The Balaban J connectivity index is 2.94. The van der Waals surface area contributed by atoms with Crippen LogP contribution in [0.5, 0.6) is 0 Å². The normalized spacial score (nSPS) is 11.4. The molecule has 18 heavy (non-hydrogen) atoms. The maximum atomic E-state index is 3.71. The van der Waals surface area contributed by atoms with E-state index in [1.165, 1.54) is 77.0 Å². The van der Waals surface area contributed by atoms with E-state index in [2.05, 4.69) is 26.0 Å². The minimum Gasteiger partial charge on any atom is -0.0885 e. The van der Waals surface area contributed by atoms with E-state index < -0.39 is 0 Å². The van der Waals surface area contributed by atoms with E-state index in [9.17, 15) is 0 Å². The van der Waals surface area contributed by atoms with Gasteiger partial charge in [-0.2, -0.15) is 0 Å². The lowest BCUT2D eigenvalue weighted by atomic mass is 10.1. The van der Waals surface area contributed by atoms with E-state index in [4.69, 9.17) is 0 Å². The lowest BCUT2D eigenvalue weighted by Gasteiger charge is -2.01. The van der Waals surface area contributed by atoms with E-state index in [0.717, 1.165) is 6.42 Å². The predicted molar refractivity (Wildman–Crippen MR) is 84.5 cm³/mol. The molecule has 0 amide bonds. The molecule has 106 valence electrons. The molecule has 0 N–H and O–H groups in total. The first-order valence-electron chi connectivity index (χ1n) is 8.17. The van der Waals surface area contributed by atoms with Crippen molar-refractivity contribution < 1.29 is 0 Å². The van der Waals surface area contributed by atoms with Crippen LogP contribution in [0, 0.1) is 13.3 Å². The number of hydrogen-bond acceptors (Lipinski definition) is 0. The van der Waals surface area contributed by atoms with E-state index >= 15 is 0 Å². The van der Waals surface area contributed by atoms with Gasteiger partial charge in [0.2, 0.25) is 0 Å². The van der Waals surface area contributed by atoms with Crippen LogP contribution in [0.1, 0.15) is 90.4 Å². The first-order valence-corrected chi connectivity index (χ1v) is 8.17. The van der Waals surface area contributed by atoms with Crippen LogP contribution in [0.2, 0.25) is 0 Å². The van der Waals surface area contributed by atoms with Crippen molar-refractivity contribution in [3.05, 3.63) is 25.5 Å². The third kappa shape index (κ3) is 15.7. The Morgan fingerprint density at radius 3 is 1.67 bits per heavy atom. The van der Waals surface area contributed by atoms with Gasteiger partial charge in [0.25, 0.3) is 0 Å². The second-order valence-electron chi connectivity index (χ2n) is 5.32. The van der Waals surface area contributed by atoms with E-state index in [1.807, 2.05) is 6.42 Å². The van der Waals surface area contributed by atoms with Gasteiger partial charge in [0.1, 0.15) is 0 Å². The first kappa shape index (κ1) is 17.7. The van der Waals surface area contributed by atoms with Crippen LogP contribution in [0.15, 0.2) is 12.2 Å². The summed E-state index contributed by atoms with van der Waals surface area (Å²) in [5.74, 6) is 0. The summed E-state index contributed by atoms with van der Waals surface area (Å²) in [5.41, 5.74) is 0. The van der Waals surface area contributed by atoms with E-state index in [0.29, 0.717) is 0 Å². The van der Waals surface area contributed by atoms with Crippen molar-refractivity contribution in [3.8, 4) is 0 Å². The fourth-order valence-electron chi connectivity index (χ4n) is 2.24. The fraction of sp³-hybridized carbons (Fsp3) is 0.778. The predicted octanol–water partition coefficient (Wildman–Crippen LogP) is 6.67. The molecule has 0 saturated carbocycles. The zero-order chi connectivity index (χ0) is 13.3. The van der Waals surface area contributed by atoms with Crippen molar-refractivity contribution in [2.24, 2.45) is 0 Å². The molecule has 0 heterocycles. The third-order valence-electron chi connectivity index (χ3n) is 3.44. The average Bonchev–Trinajstić information content (AvgIpc) is 2.39. The van der Waals surface area contributed by atoms with Gasteiger partial charge in [0.15, 0.2) is 0 Å². The topological polar surface area (TPSA) is 0 Å². The number of hydrogen-bond donors (Lipinski definition) is 0. The molecule has 0 saturated heterocycles. The summed E-state index contributed by atoms with van der Waals surface area (Å²) in [7, 11) is 0. The Kier molecular flexibility index (Phi) is 16.5. The molecular weight excluding hydrogens is 216 g/mol. The zero-order valence-corrected chi connectivity index (χ0v) is 12.6. The monoisotopic (exact) mass is 250 g/mol. The van der Waals surface area contributed by atoms with Gasteiger partial charge in [-0.3, -0.25) is 0 Å². The van der Waals surface area contributed by atoms with Gasteiger partial charge in [0.05, 0.1) is 0 Å². The van der Waals surface area contributed by atoms with E-state index in [1.54, 1.807) is 0 Å². The molecule has 0 atom stereocenters. The van der Waals surface area contributed by atoms with Crippen LogP contribution >= 0.6 is 0 Å². The Hall–Kier alpha value is -0.260. The molecule has 0 spiro atoms. The lowest BCUT2D eigenvalue weighted by Crippen LogP contribution is -1.82. The van der Waals surface area contributed by atoms with Gasteiger partial charge in [-0.25, -0.2) is 0 Å². The molecule has 2 radical (unpaired) electrons. The van der Waals surface area contributed by atoms with Crippen LogP contribution in [-0.4, -0.2) is 0 Å². The molecule has 0 nitrogen and oxygen atoms in total. The lowest BCUT2D eigenvalue weighted by molar-refractivity contribution is 0.550. The SMILES string of the molecule is [CH2][CH]C/C=C/CCCCCCCCCCCCC. The number of allylic oxidation sites excluding steroid dienone is 2. The third-order valence-corrected chi connectivity index (χ3v) is 3.44. The summed E-state index contributed by atoms with van der Waals surface area (Å²) in [5, 5.41) is 0. The smallest absolute Gasteiger partial charge is 0.0319 e. The summed E-state index contributed by atoms with van der Waals surface area (Å²) >= 11 is 0. The molecule has 0 rings (SSSR count). The molecule has 0 unspecified atom stereocenters. The Labute approximate surface area is 116 Å². The van der Waals surface area contributed by atoms with Gasteiger partial charge in [-0.15, -0.1) is 0 Å². The Morgan fingerprint density at radius 1 is 0.667 bits per heavy atom. The van der Waals surface area contributed by atoms with Gasteiger partial charge < -0.3 is 0 Å².